The van der Waals surface area contributed by atoms with Crippen LogP contribution in [0.4, 0.5) is 68.2 Å². The van der Waals surface area contributed by atoms with Gasteiger partial charge >= 0.3 is 0 Å². The Labute approximate surface area is 671 Å². The normalized spacial score (nSPS) is 11.4. The molecule has 0 atom stereocenters. The van der Waals surface area contributed by atoms with Crippen molar-refractivity contribution in [2.75, 3.05) is 19.6 Å². The van der Waals surface area contributed by atoms with Crippen molar-refractivity contribution in [2.45, 2.75) is 0 Å². The third kappa shape index (κ3) is 12.6. The fourth-order valence-electron chi connectivity index (χ4n) is 16.9. The van der Waals surface area contributed by atoms with Gasteiger partial charge in [-0.25, -0.2) is 0 Å². The van der Waals surface area contributed by atoms with Crippen LogP contribution in [0.5, 0.6) is 0 Å². The van der Waals surface area contributed by atoms with E-state index in [1.807, 2.05) is 24.3 Å². The maximum atomic E-state index is 6.39. The number of aromatic nitrogens is 2. The minimum atomic E-state index is 0.861. The SMILES string of the molecule is c1ccc(-c2ccc(N(c3ccc(N(c4ccccc4)c4ccc5c6ccccc6n(-c6ccccc6)c5c4)cc3)c3ccc4c(c3)oc3ccccc34)cc2)cc1.c1ccc(N(c2ccccc2)c2ccc(N(c3ccccc3)c3ccc4c5ccc(-c6ccc7oc8ccccc8c7c6)cc5n(-c5ccccc5)c4c3)cc2)cc1. The molecular weight excluding hydrogens is 1410 g/mol. The van der Waals surface area contributed by atoms with Crippen LogP contribution in [0.15, 0.2) is 458 Å². The summed E-state index contributed by atoms with van der Waals surface area (Å²) in [6, 6.07) is 160. The summed E-state index contributed by atoms with van der Waals surface area (Å²) in [6.45, 7) is 0. The van der Waals surface area contributed by atoms with Crippen molar-refractivity contribution in [3.05, 3.63) is 449 Å². The fraction of sp³-hybridized carbons (Fsp3) is 0. The summed E-state index contributed by atoms with van der Waals surface area (Å²) in [5.41, 5.74) is 28.0. The van der Waals surface area contributed by atoms with Gasteiger partial charge in [-0.2, -0.15) is 0 Å². The molecule has 116 heavy (non-hydrogen) atoms. The molecule has 0 radical (unpaired) electrons. The minimum absolute atomic E-state index is 0.861. The highest BCUT2D eigenvalue weighted by Gasteiger charge is 2.24. The molecule has 0 fully saturated rings. The summed E-state index contributed by atoms with van der Waals surface area (Å²) in [5, 5.41) is 9.36. The maximum Gasteiger partial charge on any atom is 0.137 e. The zero-order chi connectivity index (χ0) is 76.8. The molecule has 0 unspecified atom stereocenters. The van der Waals surface area contributed by atoms with Crippen LogP contribution in [0, 0.1) is 0 Å². The van der Waals surface area contributed by atoms with Crippen LogP contribution >= 0.6 is 0 Å². The van der Waals surface area contributed by atoms with Crippen LogP contribution in [0.2, 0.25) is 0 Å². The molecule has 0 spiro atoms. The van der Waals surface area contributed by atoms with Crippen molar-refractivity contribution in [3.8, 4) is 33.6 Å². The number of hydrogen-bond acceptors (Lipinski definition) is 6. The topological polar surface area (TPSA) is 49.1 Å². The molecular formula is C108H74N6O2. The molecule has 18 aromatic carbocycles. The monoisotopic (exact) mass is 1490 g/mol. The summed E-state index contributed by atoms with van der Waals surface area (Å²) in [7, 11) is 0. The first kappa shape index (κ1) is 68.4. The minimum Gasteiger partial charge on any atom is -0.456 e. The first-order chi connectivity index (χ1) is 57.5. The summed E-state index contributed by atoms with van der Waals surface area (Å²) in [4.78, 5) is 9.30. The van der Waals surface area contributed by atoms with Crippen LogP contribution in [0.25, 0.3) is 121 Å². The number of para-hydroxylation sites is 9. The van der Waals surface area contributed by atoms with E-state index in [-0.39, 0.29) is 0 Å². The number of nitrogens with zero attached hydrogens (tertiary/aromatic N) is 6. The van der Waals surface area contributed by atoms with Gasteiger partial charge in [-0.05, 0) is 229 Å². The molecule has 0 saturated carbocycles. The molecule has 548 valence electrons. The largest absolute Gasteiger partial charge is 0.456 e. The molecule has 4 heterocycles. The first-order valence-corrected chi connectivity index (χ1v) is 39.4. The van der Waals surface area contributed by atoms with Gasteiger partial charge in [0.05, 0.1) is 22.1 Å². The lowest BCUT2D eigenvalue weighted by molar-refractivity contribution is 0.668. The predicted octanol–water partition coefficient (Wildman–Crippen LogP) is 30.6. The van der Waals surface area contributed by atoms with Crippen molar-refractivity contribution < 1.29 is 8.83 Å². The van der Waals surface area contributed by atoms with E-state index in [0.717, 1.165) is 151 Å². The van der Waals surface area contributed by atoms with E-state index in [1.54, 1.807) is 0 Å². The molecule has 0 saturated heterocycles. The predicted molar refractivity (Wildman–Crippen MR) is 486 cm³/mol. The lowest BCUT2D eigenvalue weighted by atomic mass is 10.0. The molecule has 0 aliphatic carbocycles. The quantitative estimate of drug-likeness (QED) is 0.0961. The van der Waals surface area contributed by atoms with Gasteiger partial charge in [-0.15, -0.1) is 0 Å². The first-order valence-electron chi connectivity index (χ1n) is 39.4. The number of fused-ring (bicyclic) bond motifs is 12. The van der Waals surface area contributed by atoms with Crippen molar-refractivity contribution in [2.24, 2.45) is 0 Å². The summed E-state index contributed by atoms with van der Waals surface area (Å²) in [5.74, 6) is 0. The molecule has 0 amide bonds. The molecule has 4 aromatic heterocycles. The van der Waals surface area contributed by atoms with E-state index < -0.39 is 0 Å². The van der Waals surface area contributed by atoms with Gasteiger partial charge in [-0.3, -0.25) is 0 Å². The van der Waals surface area contributed by atoms with Crippen molar-refractivity contribution >= 4 is 156 Å². The van der Waals surface area contributed by atoms with Crippen LogP contribution in [0.1, 0.15) is 0 Å². The second kappa shape index (κ2) is 29.6. The van der Waals surface area contributed by atoms with Gasteiger partial charge in [0.15, 0.2) is 0 Å². The number of benzene rings is 18. The third-order valence-corrected chi connectivity index (χ3v) is 22.3. The van der Waals surface area contributed by atoms with Crippen LogP contribution in [-0.2, 0) is 0 Å². The average molecular weight is 1490 g/mol. The summed E-state index contributed by atoms with van der Waals surface area (Å²) >= 11 is 0. The zero-order valence-electron chi connectivity index (χ0n) is 63.2. The lowest BCUT2D eigenvalue weighted by Gasteiger charge is -2.28. The van der Waals surface area contributed by atoms with Crippen LogP contribution in [0.3, 0.4) is 0 Å². The number of furan rings is 2. The Bertz CT molecular complexity index is 7230. The van der Waals surface area contributed by atoms with E-state index in [0.29, 0.717) is 0 Å². The van der Waals surface area contributed by atoms with Gasteiger partial charge in [0.2, 0.25) is 0 Å². The van der Waals surface area contributed by atoms with Crippen LogP contribution < -0.4 is 19.6 Å². The molecule has 0 aliphatic heterocycles. The van der Waals surface area contributed by atoms with E-state index >= 15 is 0 Å². The second-order valence-electron chi connectivity index (χ2n) is 29.2. The highest BCUT2D eigenvalue weighted by molar-refractivity contribution is 6.14. The highest BCUT2D eigenvalue weighted by Crippen LogP contribution is 2.47. The molecule has 0 bridgehead atoms. The third-order valence-electron chi connectivity index (χ3n) is 22.3. The van der Waals surface area contributed by atoms with Gasteiger partial charge in [0.1, 0.15) is 22.3 Å². The molecule has 0 N–H and O–H groups in total. The number of rotatable bonds is 16. The number of anilines is 12. The van der Waals surface area contributed by atoms with Gasteiger partial charge < -0.3 is 37.6 Å². The molecule has 22 aromatic rings. The van der Waals surface area contributed by atoms with Crippen molar-refractivity contribution in [3.63, 3.8) is 0 Å². The Kier molecular flexibility index (Phi) is 17.4. The molecule has 0 aliphatic rings. The van der Waals surface area contributed by atoms with Crippen LogP contribution in [-0.4, -0.2) is 9.13 Å². The second-order valence-corrected chi connectivity index (χ2v) is 29.2. The van der Waals surface area contributed by atoms with E-state index in [2.05, 4.69) is 453 Å². The Morgan fingerprint density at radius 1 is 0.147 bits per heavy atom. The standard InChI is InChI=1S/2C54H37N3O/c1-5-15-40(16-6-1)55(41-17-7-2-8-18-41)44-27-29-45(30-28-44)56(42-19-9-3-10-20-42)46-31-33-48-47-32-25-39(36-51(47)57(52(48)37-46)43-21-11-4-12-22-43)38-26-34-54-50(35-38)49-23-13-14-24-53(49)58-54;1-4-14-38(15-5-1)39-24-26-42(27-25-39)56(46-33-35-50-49-21-11-13-23-53(49)58-54(50)37-46)44-30-28-43(29-31-44)55(40-16-6-2-7-17-40)45-32-34-48-47-20-10-12-22-51(47)57(52(48)36-45)41-18-8-3-9-19-41/h2*1-37H. The van der Waals surface area contributed by atoms with Gasteiger partial charge in [-0.1, -0.05) is 237 Å². The fourth-order valence-corrected chi connectivity index (χ4v) is 16.9. The Morgan fingerprint density at radius 3 is 0.888 bits per heavy atom. The van der Waals surface area contributed by atoms with Gasteiger partial charge in [0.25, 0.3) is 0 Å². The van der Waals surface area contributed by atoms with E-state index in [9.17, 15) is 0 Å². The Morgan fingerprint density at radius 2 is 0.414 bits per heavy atom. The number of hydrogen-bond donors (Lipinski definition) is 0. The summed E-state index contributed by atoms with van der Waals surface area (Å²) in [6.07, 6.45) is 0. The molecule has 8 nitrogen and oxygen atoms in total. The highest BCUT2D eigenvalue weighted by atomic mass is 16.3. The maximum absolute atomic E-state index is 6.39. The van der Waals surface area contributed by atoms with Gasteiger partial charge in [0, 0.05) is 129 Å². The molecule has 8 heteroatoms. The Hall–Kier alpha value is -15.6. The summed E-state index contributed by atoms with van der Waals surface area (Å²) < 4.78 is 17.3. The van der Waals surface area contributed by atoms with Crippen molar-refractivity contribution in [1.29, 1.82) is 0 Å². The Balaban J connectivity index is 0.000000145. The average Bonchev–Trinajstić information content (AvgIpc) is 1.58. The van der Waals surface area contributed by atoms with E-state index in [4.69, 9.17) is 8.83 Å². The molecule has 22 rings (SSSR count). The van der Waals surface area contributed by atoms with E-state index in [1.165, 1.54) is 38.2 Å². The van der Waals surface area contributed by atoms with Crippen molar-refractivity contribution in [1.82, 2.24) is 9.13 Å². The smallest absolute Gasteiger partial charge is 0.137 e. The zero-order valence-corrected chi connectivity index (χ0v) is 63.2. The lowest BCUT2D eigenvalue weighted by Crippen LogP contribution is -2.12.